The van der Waals surface area contributed by atoms with Crippen LogP contribution in [0.5, 0.6) is 0 Å². The summed E-state index contributed by atoms with van der Waals surface area (Å²) in [5, 5.41) is 12.6. The Hall–Kier alpha value is -2.31. The third kappa shape index (κ3) is 2.59. The molecule has 0 unspecified atom stereocenters. The van der Waals surface area contributed by atoms with Crippen molar-refractivity contribution in [1.82, 2.24) is 9.78 Å². The zero-order valence-corrected chi connectivity index (χ0v) is 9.77. The molecule has 0 amide bonds. The minimum atomic E-state index is -4.51. The molecule has 19 heavy (non-hydrogen) atoms. The highest BCUT2D eigenvalue weighted by Gasteiger charge is 2.32. The van der Waals surface area contributed by atoms with Gasteiger partial charge in [-0.1, -0.05) is 11.6 Å². The second kappa shape index (κ2) is 4.42. The Kier molecular flexibility index (Phi) is 3.05. The predicted octanol–water partition coefficient (Wildman–Crippen LogP) is 2.90. The van der Waals surface area contributed by atoms with E-state index >= 15 is 0 Å². The van der Waals surface area contributed by atoms with E-state index in [4.69, 9.17) is 5.11 Å². The SMILES string of the molecule is Cc1ccc(-n2cc(C(F)(F)F)cn2)c(C(=O)O)c1. The van der Waals surface area contributed by atoms with Crippen molar-refractivity contribution in [2.45, 2.75) is 13.1 Å². The number of hydrogen-bond acceptors (Lipinski definition) is 2. The summed E-state index contributed by atoms with van der Waals surface area (Å²) in [7, 11) is 0. The molecule has 1 N–H and O–H groups in total. The van der Waals surface area contributed by atoms with Gasteiger partial charge in [0.2, 0.25) is 0 Å². The van der Waals surface area contributed by atoms with Gasteiger partial charge in [-0.15, -0.1) is 0 Å². The molecule has 0 bridgehead atoms. The van der Waals surface area contributed by atoms with E-state index in [0.29, 0.717) is 11.8 Å². The molecule has 0 aliphatic heterocycles. The molecule has 4 nitrogen and oxygen atoms in total. The fourth-order valence-electron chi connectivity index (χ4n) is 1.62. The smallest absolute Gasteiger partial charge is 0.419 e. The predicted molar refractivity (Wildman–Crippen MR) is 60.3 cm³/mol. The molecule has 0 atom stereocenters. The molecule has 7 heteroatoms. The first kappa shape index (κ1) is 13.1. The van der Waals surface area contributed by atoms with Crippen LogP contribution >= 0.6 is 0 Å². The lowest BCUT2D eigenvalue weighted by Gasteiger charge is -2.07. The maximum absolute atomic E-state index is 12.5. The largest absolute Gasteiger partial charge is 0.478 e. The van der Waals surface area contributed by atoms with Crippen LogP contribution in [-0.4, -0.2) is 20.9 Å². The first-order chi connectivity index (χ1) is 8.79. The Morgan fingerprint density at radius 3 is 2.58 bits per heavy atom. The zero-order valence-electron chi connectivity index (χ0n) is 9.77. The molecule has 0 spiro atoms. The number of benzene rings is 1. The molecule has 0 saturated carbocycles. The van der Waals surface area contributed by atoms with Crippen molar-refractivity contribution >= 4 is 5.97 Å². The highest BCUT2D eigenvalue weighted by atomic mass is 19.4. The summed E-state index contributed by atoms with van der Waals surface area (Å²) in [6, 6.07) is 4.41. The molecular weight excluding hydrogens is 261 g/mol. The highest BCUT2D eigenvalue weighted by Crippen LogP contribution is 2.29. The normalized spacial score (nSPS) is 11.6. The van der Waals surface area contributed by atoms with E-state index in [1.165, 1.54) is 12.1 Å². The molecule has 1 heterocycles. The number of halogens is 3. The number of rotatable bonds is 2. The number of carboxylic acid groups (broad SMARTS) is 1. The van der Waals surface area contributed by atoms with Gasteiger partial charge in [-0.25, -0.2) is 9.48 Å². The van der Waals surface area contributed by atoms with Gasteiger partial charge in [0.05, 0.1) is 23.0 Å². The molecule has 0 aliphatic rings. The topological polar surface area (TPSA) is 55.1 Å². The minimum Gasteiger partial charge on any atom is -0.478 e. The van der Waals surface area contributed by atoms with Crippen molar-refractivity contribution in [2.75, 3.05) is 0 Å². The third-order valence-corrected chi connectivity index (χ3v) is 2.54. The van der Waals surface area contributed by atoms with Gasteiger partial charge in [-0.05, 0) is 19.1 Å². The van der Waals surface area contributed by atoms with Gasteiger partial charge >= 0.3 is 12.1 Å². The third-order valence-electron chi connectivity index (χ3n) is 2.54. The summed E-state index contributed by atoms with van der Waals surface area (Å²) in [5.41, 5.74) is -0.237. The van der Waals surface area contributed by atoms with E-state index in [1.807, 2.05) is 0 Å². The van der Waals surface area contributed by atoms with Crippen LogP contribution < -0.4 is 0 Å². The van der Waals surface area contributed by atoms with Crippen LogP contribution in [0.2, 0.25) is 0 Å². The van der Waals surface area contributed by atoms with Crippen molar-refractivity contribution in [1.29, 1.82) is 0 Å². The standard InChI is InChI=1S/C12H9F3N2O2/c1-7-2-3-10(9(4-7)11(18)19)17-6-8(5-16-17)12(13,14)15/h2-6H,1H3,(H,18,19). The molecule has 0 radical (unpaired) electrons. The Morgan fingerprint density at radius 1 is 1.37 bits per heavy atom. The lowest BCUT2D eigenvalue weighted by Crippen LogP contribution is -2.07. The summed E-state index contributed by atoms with van der Waals surface area (Å²) in [5.74, 6) is -1.22. The number of nitrogens with zero attached hydrogens (tertiary/aromatic N) is 2. The lowest BCUT2D eigenvalue weighted by atomic mass is 10.1. The second-order valence-electron chi connectivity index (χ2n) is 4.00. The Labute approximate surface area is 106 Å². The monoisotopic (exact) mass is 270 g/mol. The van der Waals surface area contributed by atoms with Gasteiger partial charge in [0.1, 0.15) is 0 Å². The minimum absolute atomic E-state index is 0.0913. The molecule has 0 saturated heterocycles. The van der Waals surface area contributed by atoms with Crippen molar-refractivity contribution in [2.24, 2.45) is 0 Å². The number of aryl methyl sites for hydroxylation is 1. The maximum Gasteiger partial charge on any atom is 0.419 e. The van der Waals surface area contributed by atoms with Crippen LogP contribution in [0.3, 0.4) is 0 Å². The van der Waals surface area contributed by atoms with E-state index in [9.17, 15) is 18.0 Å². The van der Waals surface area contributed by atoms with Gasteiger partial charge in [-0.2, -0.15) is 18.3 Å². The van der Waals surface area contributed by atoms with E-state index in [0.717, 1.165) is 10.9 Å². The molecule has 1 aromatic heterocycles. The van der Waals surface area contributed by atoms with Crippen LogP contribution in [0.1, 0.15) is 21.5 Å². The Bertz CT molecular complexity index is 632. The Morgan fingerprint density at radius 2 is 2.05 bits per heavy atom. The summed E-state index contributed by atoms with van der Waals surface area (Å²) < 4.78 is 38.3. The number of hydrogen-bond donors (Lipinski definition) is 1. The summed E-state index contributed by atoms with van der Waals surface area (Å²) in [4.78, 5) is 11.1. The number of aromatic nitrogens is 2. The van der Waals surface area contributed by atoms with Gasteiger partial charge in [-0.3, -0.25) is 0 Å². The average molecular weight is 270 g/mol. The van der Waals surface area contributed by atoms with Crippen LogP contribution in [0, 0.1) is 6.92 Å². The van der Waals surface area contributed by atoms with E-state index in [1.54, 1.807) is 13.0 Å². The highest BCUT2D eigenvalue weighted by molar-refractivity contribution is 5.92. The number of carbonyl (C=O) groups is 1. The van der Waals surface area contributed by atoms with Gasteiger partial charge in [0.15, 0.2) is 0 Å². The molecule has 2 rings (SSSR count). The molecular formula is C12H9F3N2O2. The quantitative estimate of drug-likeness (QED) is 0.912. The molecule has 0 aliphatic carbocycles. The molecule has 1 aromatic carbocycles. The summed E-state index contributed by atoms with van der Waals surface area (Å²) >= 11 is 0. The van der Waals surface area contributed by atoms with E-state index < -0.39 is 17.7 Å². The van der Waals surface area contributed by atoms with E-state index in [2.05, 4.69) is 5.10 Å². The lowest BCUT2D eigenvalue weighted by molar-refractivity contribution is -0.137. The fraction of sp³-hybridized carbons (Fsp3) is 0.167. The number of alkyl halides is 3. The van der Waals surface area contributed by atoms with Crippen LogP contribution in [0.15, 0.2) is 30.6 Å². The zero-order chi connectivity index (χ0) is 14.2. The van der Waals surface area contributed by atoms with Crippen molar-refractivity contribution < 1.29 is 23.1 Å². The first-order valence-corrected chi connectivity index (χ1v) is 5.25. The Balaban J connectivity index is 2.53. The van der Waals surface area contributed by atoms with Gasteiger partial charge in [0, 0.05) is 6.20 Å². The summed E-state index contributed by atoms with van der Waals surface area (Å²) in [6.07, 6.45) is -3.09. The average Bonchev–Trinajstić information content (AvgIpc) is 2.77. The first-order valence-electron chi connectivity index (χ1n) is 5.25. The molecule has 100 valence electrons. The van der Waals surface area contributed by atoms with Crippen molar-refractivity contribution in [3.63, 3.8) is 0 Å². The van der Waals surface area contributed by atoms with Crippen molar-refractivity contribution in [3.05, 3.63) is 47.3 Å². The van der Waals surface area contributed by atoms with Crippen LogP contribution in [0.25, 0.3) is 5.69 Å². The summed E-state index contributed by atoms with van der Waals surface area (Å²) in [6.45, 7) is 1.69. The number of aromatic carboxylic acids is 1. The van der Waals surface area contributed by atoms with Crippen LogP contribution in [0.4, 0.5) is 13.2 Å². The maximum atomic E-state index is 12.5. The van der Waals surface area contributed by atoms with Gasteiger partial charge in [0.25, 0.3) is 0 Å². The van der Waals surface area contributed by atoms with Crippen LogP contribution in [-0.2, 0) is 6.18 Å². The van der Waals surface area contributed by atoms with Gasteiger partial charge < -0.3 is 5.11 Å². The fourth-order valence-corrected chi connectivity index (χ4v) is 1.62. The second-order valence-corrected chi connectivity index (χ2v) is 4.00. The van der Waals surface area contributed by atoms with Crippen molar-refractivity contribution in [3.8, 4) is 5.69 Å². The van der Waals surface area contributed by atoms with E-state index in [-0.39, 0.29) is 11.3 Å². The number of carboxylic acids is 1. The molecule has 2 aromatic rings. The molecule has 0 fully saturated rings.